The lowest BCUT2D eigenvalue weighted by molar-refractivity contribution is -0.162. The van der Waals surface area contributed by atoms with E-state index in [9.17, 15) is 9.59 Å². The lowest BCUT2D eigenvalue weighted by atomic mass is 9.85. The van der Waals surface area contributed by atoms with E-state index < -0.39 is 23.5 Å². The number of carbonyl (C=O) groups is 2. The van der Waals surface area contributed by atoms with Gasteiger partial charge in [-0.25, -0.2) is 10.3 Å². The van der Waals surface area contributed by atoms with Gasteiger partial charge in [-0.15, -0.1) is 0 Å². The van der Waals surface area contributed by atoms with Gasteiger partial charge < -0.3 is 9.64 Å². The van der Waals surface area contributed by atoms with Crippen LogP contribution in [0.5, 0.6) is 0 Å². The molecule has 0 radical (unpaired) electrons. The highest BCUT2D eigenvalue weighted by Crippen LogP contribution is 2.28. The Morgan fingerprint density at radius 2 is 2.21 bits per heavy atom. The van der Waals surface area contributed by atoms with Crippen LogP contribution in [0.25, 0.3) is 0 Å². The lowest BCUT2D eigenvalue weighted by Crippen LogP contribution is -2.59. The van der Waals surface area contributed by atoms with Crippen LogP contribution in [0.15, 0.2) is 17.8 Å². The molecular formula is C13H21N3O3. The zero-order valence-corrected chi connectivity index (χ0v) is 11.7. The first kappa shape index (κ1) is 15.3. The Morgan fingerprint density at radius 3 is 2.58 bits per heavy atom. The summed E-state index contributed by atoms with van der Waals surface area (Å²) in [6.45, 7) is 9.65. The molecule has 1 N–H and O–H groups in total. The van der Waals surface area contributed by atoms with Gasteiger partial charge in [0.05, 0.1) is 0 Å². The van der Waals surface area contributed by atoms with Gasteiger partial charge in [-0.05, 0) is 11.8 Å². The molecule has 19 heavy (non-hydrogen) atoms. The molecular weight excluding hydrogens is 246 g/mol. The van der Waals surface area contributed by atoms with Crippen molar-refractivity contribution < 1.29 is 14.3 Å². The van der Waals surface area contributed by atoms with Crippen LogP contribution in [-0.4, -0.2) is 42.0 Å². The number of nitrogens with zero attached hydrogens (tertiary/aromatic N) is 2. The average molecular weight is 267 g/mol. The van der Waals surface area contributed by atoms with Gasteiger partial charge in [0.15, 0.2) is 6.04 Å². The molecule has 0 aromatic heterocycles. The number of nitrogens with one attached hydrogen (secondary N) is 1. The van der Waals surface area contributed by atoms with E-state index in [4.69, 9.17) is 10.3 Å². The Kier molecular flexibility index (Phi) is 4.80. The summed E-state index contributed by atoms with van der Waals surface area (Å²) < 4.78 is 4.95. The fourth-order valence-corrected chi connectivity index (χ4v) is 1.91. The van der Waals surface area contributed by atoms with E-state index in [0.29, 0.717) is 13.0 Å². The third-order valence-electron chi connectivity index (χ3n) is 3.10. The highest BCUT2D eigenvalue weighted by atomic mass is 16.5. The molecule has 0 aliphatic carbocycles. The summed E-state index contributed by atoms with van der Waals surface area (Å²) >= 11 is 0. The first-order valence-electron chi connectivity index (χ1n) is 6.27. The Hall–Kier alpha value is -1.72. The zero-order chi connectivity index (χ0) is 14.6. The summed E-state index contributed by atoms with van der Waals surface area (Å²) in [5.41, 5.74) is 6.73. The number of rotatable bonds is 5. The Labute approximate surface area is 113 Å². The first-order valence-corrected chi connectivity index (χ1v) is 6.27. The maximum absolute atomic E-state index is 12.3. The molecule has 1 aliphatic heterocycles. The molecule has 6 nitrogen and oxygen atoms in total. The summed E-state index contributed by atoms with van der Waals surface area (Å²) in [5.74, 6) is -0.702. The average Bonchev–Trinajstić information content (AvgIpc) is 2.23. The second-order valence-electron chi connectivity index (χ2n) is 5.65. The molecule has 0 saturated carbocycles. The van der Waals surface area contributed by atoms with E-state index in [1.54, 1.807) is 0 Å². The smallest absolute Gasteiger partial charge is 0.329 e. The minimum atomic E-state index is -0.762. The minimum Gasteiger partial charge on any atom is -0.460 e. The van der Waals surface area contributed by atoms with Gasteiger partial charge in [0.25, 0.3) is 5.91 Å². The van der Waals surface area contributed by atoms with Gasteiger partial charge in [0.2, 0.25) is 0 Å². The van der Waals surface area contributed by atoms with Crippen molar-refractivity contribution in [2.45, 2.75) is 39.3 Å². The van der Waals surface area contributed by atoms with Crippen LogP contribution in [0, 0.1) is 10.9 Å². The van der Waals surface area contributed by atoms with E-state index in [1.807, 2.05) is 20.8 Å². The van der Waals surface area contributed by atoms with Crippen molar-refractivity contribution in [3.05, 3.63) is 12.7 Å². The fraction of sp³-hybridized carbons (Fsp3) is 0.692. The molecule has 0 unspecified atom stereocenters. The van der Waals surface area contributed by atoms with Crippen molar-refractivity contribution in [1.82, 2.24) is 4.90 Å². The van der Waals surface area contributed by atoms with Crippen molar-refractivity contribution in [3.63, 3.8) is 0 Å². The minimum absolute atomic E-state index is 0.142. The number of ether oxygens (including phenoxy) is 1. The van der Waals surface area contributed by atoms with Crippen molar-refractivity contribution in [2.75, 3.05) is 13.2 Å². The molecule has 2 atom stereocenters. The van der Waals surface area contributed by atoms with Gasteiger partial charge in [0.1, 0.15) is 12.6 Å². The maximum Gasteiger partial charge on any atom is 0.329 e. The van der Waals surface area contributed by atoms with Gasteiger partial charge >= 0.3 is 5.97 Å². The molecule has 1 saturated heterocycles. The summed E-state index contributed by atoms with van der Waals surface area (Å²) in [4.78, 5) is 25.4. The number of esters is 1. The SMILES string of the molecule is C=CCOC(=O)[C@H]1CCN1C(=O)[C@@H](N=N)C(C)(C)C. The predicted octanol–water partition coefficient (Wildman–Crippen LogP) is 1.76. The first-order chi connectivity index (χ1) is 8.82. The van der Waals surface area contributed by atoms with Crippen LogP contribution >= 0.6 is 0 Å². The van der Waals surface area contributed by atoms with Crippen LogP contribution in [0.3, 0.4) is 0 Å². The molecule has 0 aromatic rings. The normalized spacial score (nSPS) is 20.2. The van der Waals surface area contributed by atoms with Crippen molar-refractivity contribution >= 4 is 11.9 Å². The van der Waals surface area contributed by atoms with Crippen molar-refractivity contribution in [2.24, 2.45) is 10.5 Å². The van der Waals surface area contributed by atoms with Crippen LogP contribution in [0.1, 0.15) is 27.2 Å². The summed E-state index contributed by atoms with van der Waals surface area (Å²) in [6.07, 6.45) is 2.08. The van der Waals surface area contributed by atoms with E-state index >= 15 is 0 Å². The summed E-state index contributed by atoms with van der Waals surface area (Å²) in [6, 6.07) is -1.30. The van der Waals surface area contributed by atoms with Gasteiger partial charge in [-0.3, -0.25) is 4.79 Å². The molecule has 1 heterocycles. The highest BCUT2D eigenvalue weighted by Gasteiger charge is 2.44. The topological polar surface area (TPSA) is 82.8 Å². The van der Waals surface area contributed by atoms with E-state index in [0.717, 1.165) is 0 Å². The van der Waals surface area contributed by atoms with Gasteiger partial charge in [-0.1, -0.05) is 33.4 Å². The number of likely N-dealkylation sites (tertiary alicyclic amines) is 1. The molecule has 0 bridgehead atoms. The Balaban J connectivity index is 2.70. The van der Waals surface area contributed by atoms with Gasteiger partial charge in [0, 0.05) is 6.54 Å². The fourth-order valence-electron chi connectivity index (χ4n) is 1.91. The molecule has 0 spiro atoms. The van der Waals surface area contributed by atoms with Crippen LogP contribution in [0.4, 0.5) is 0 Å². The van der Waals surface area contributed by atoms with E-state index in [-0.39, 0.29) is 12.5 Å². The number of amides is 1. The third kappa shape index (κ3) is 3.39. The zero-order valence-electron chi connectivity index (χ0n) is 11.7. The van der Waals surface area contributed by atoms with Crippen LogP contribution in [-0.2, 0) is 14.3 Å². The number of carbonyl (C=O) groups excluding carboxylic acids is 2. The molecule has 1 rings (SSSR count). The second-order valence-corrected chi connectivity index (χ2v) is 5.65. The standard InChI is InChI=1S/C13H21N3O3/c1-5-8-19-12(18)9-6-7-16(9)11(17)10(15-14)13(2,3)4/h5,9-10,14H,1,6-8H2,2-4H3/t9-,10-/m1/s1. The monoisotopic (exact) mass is 267 g/mol. The van der Waals surface area contributed by atoms with Crippen molar-refractivity contribution in [1.29, 1.82) is 5.53 Å². The molecule has 6 heteroatoms. The highest BCUT2D eigenvalue weighted by molar-refractivity contribution is 5.89. The van der Waals surface area contributed by atoms with E-state index in [2.05, 4.69) is 11.7 Å². The largest absolute Gasteiger partial charge is 0.460 e. The van der Waals surface area contributed by atoms with Gasteiger partial charge in [-0.2, -0.15) is 5.11 Å². The quantitative estimate of drug-likeness (QED) is 0.468. The van der Waals surface area contributed by atoms with Crippen LogP contribution in [0.2, 0.25) is 0 Å². The number of hydrogen-bond donors (Lipinski definition) is 1. The number of hydrogen-bond acceptors (Lipinski definition) is 5. The second kappa shape index (κ2) is 5.95. The van der Waals surface area contributed by atoms with Crippen molar-refractivity contribution in [3.8, 4) is 0 Å². The molecule has 0 aromatic carbocycles. The summed E-state index contributed by atoms with van der Waals surface area (Å²) in [5, 5.41) is 3.41. The Morgan fingerprint density at radius 1 is 1.58 bits per heavy atom. The predicted molar refractivity (Wildman–Crippen MR) is 69.7 cm³/mol. The van der Waals surface area contributed by atoms with Crippen LogP contribution < -0.4 is 0 Å². The van der Waals surface area contributed by atoms with E-state index in [1.165, 1.54) is 11.0 Å². The summed E-state index contributed by atoms with van der Waals surface area (Å²) in [7, 11) is 0. The molecule has 106 valence electrons. The molecule has 1 aliphatic rings. The lowest BCUT2D eigenvalue weighted by Gasteiger charge is -2.41. The Bertz CT molecular complexity index is 387. The maximum atomic E-state index is 12.3. The molecule has 1 amide bonds. The third-order valence-corrected chi connectivity index (χ3v) is 3.10. The molecule has 1 fully saturated rings.